The summed E-state index contributed by atoms with van der Waals surface area (Å²) in [5.41, 5.74) is 5.58. The summed E-state index contributed by atoms with van der Waals surface area (Å²) in [6.45, 7) is 13.0. The van der Waals surface area contributed by atoms with Gasteiger partial charge in [-0.25, -0.2) is 0 Å². The summed E-state index contributed by atoms with van der Waals surface area (Å²) in [5, 5.41) is 0.259. The second kappa shape index (κ2) is 4.29. The van der Waals surface area contributed by atoms with E-state index in [0.29, 0.717) is 0 Å². The van der Waals surface area contributed by atoms with Crippen molar-refractivity contribution >= 4 is 8.32 Å². The van der Waals surface area contributed by atoms with Crippen LogP contribution in [0.2, 0.25) is 18.1 Å². The number of hydrogen-bond acceptors (Lipinski definition) is 2. The Morgan fingerprint density at radius 1 is 1.31 bits per heavy atom. The molecule has 0 aliphatic heterocycles. The summed E-state index contributed by atoms with van der Waals surface area (Å²) in [6.07, 6.45) is 3.66. The highest BCUT2D eigenvalue weighted by atomic mass is 28.4. The van der Waals surface area contributed by atoms with Crippen molar-refractivity contribution in [2.45, 2.75) is 51.9 Å². The lowest BCUT2D eigenvalue weighted by molar-refractivity contribution is 0.427. The summed E-state index contributed by atoms with van der Waals surface area (Å²) >= 11 is 0. The molecule has 3 heteroatoms. The van der Waals surface area contributed by atoms with Gasteiger partial charge in [-0.15, -0.1) is 0 Å². The van der Waals surface area contributed by atoms with Crippen LogP contribution in [0.3, 0.4) is 0 Å². The van der Waals surface area contributed by atoms with Gasteiger partial charge < -0.3 is 10.2 Å². The molecule has 0 aromatic heterocycles. The molecule has 0 saturated carbocycles. The molecule has 0 bridgehead atoms. The normalized spacial score (nSPS) is 16.2. The zero-order valence-electron chi connectivity index (χ0n) is 9.72. The quantitative estimate of drug-likeness (QED) is 0.563. The average Bonchev–Trinajstić information content (AvgIpc) is 1.82. The van der Waals surface area contributed by atoms with E-state index in [1.54, 1.807) is 6.26 Å². The topological polar surface area (TPSA) is 35.2 Å². The second-order valence-corrected chi connectivity index (χ2v) is 9.82. The van der Waals surface area contributed by atoms with Crippen LogP contribution >= 0.6 is 0 Å². The fourth-order valence-electron chi connectivity index (χ4n) is 0.510. The molecule has 0 aromatic carbocycles. The molecule has 0 amide bonds. The van der Waals surface area contributed by atoms with Crippen LogP contribution < -0.4 is 5.73 Å². The van der Waals surface area contributed by atoms with Crippen molar-refractivity contribution in [3.63, 3.8) is 0 Å². The molecule has 0 aliphatic carbocycles. The minimum absolute atomic E-state index is 0.0739. The summed E-state index contributed by atoms with van der Waals surface area (Å²) in [7, 11) is -1.61. The van der Waals surface area contributed by atoms with Crippen molar-refractivity contribution < 1.29 is 4.43 Å². The molecule has 1 atom stereocenters. The SMILES string of the molecule is C[C@@H](N)C=CO[Si](C)(C)C(C)(C)C. The van der Waals surface area contributed by atoms with Gasteiger partial charge in [0, 0.05) is 6.04 Å². The van der Waals surface area contributed by atoms with Crippen LogP contribution in [0.1, 0.15) is 27.7 Å². The minimum atomic E-state index is -1.61. The lowest BCUT2D eigenvalue weighted by Crippen LogP contribution is -2.39. The molecule has 2 N–H and O–H groups in total. The van der Waals surface area contributed by atoms with Crippen molar-refractivity contribution in [1.82, 2.24) is 0 Å². The zero-order chi connectivity index (χ0) is 10.7. The smallest absolute Gasteiger partial charge is 0.249 e. The monoisotopic (exact) mass is 201 g/mol. The van der Waals surface area contributed by atoms with Gasteiger partial charge in [0.2, 0.25) is 8.32 Å². The highest BCUT2D eigenvalue weighted by Crippen LogP contribution is 2.36. The second-order valence-electron chi connectivity index (χ2n) is 5.07. The third-order valence-electron chi connectivity index (χ3n) is 2.55. The molecule has 0 aromatic rings. The maximum atomic E-state index is 5.78. The Labute approximate surface area is 83.3 Å². The molecule has 0 rings (SSSR count). The first-order chi connectivity index (χ1) is 5.67. The Bertz CT molecular complexity index is 180. The maximum absolute atomic E-state index is 5.78. The first-order valence-corrected chi connectivity index (χ1v) is 7.68. The fraction of sp³-hybridized carbons (Fsp3) is 0.800. The van der Waals surface area contributed by atoms with Crippen molar-refractivity contribution in [3.05, 3.63) is 12.3 Å². The van der Waals surface area contributed by atoms with Gasteiger partial charge in [-0.3, -0.25) is 0 Å². The Morgan fingerprint density at radius 3 is 2.08 bits per heavy atom. The van der Waals surface area contributed by atoms with Gasteiger partial charge in [0.25, 0.3) is 0 Å². The molecule has 78 valence electrons. The zero-order valence-corrected chi connectivity index (χ0v) is 10.7. The van der Waals surface area contributed by atoms with Gasteiger partial charge in [0.05, 0.1) is 6.26 Å². The van der Waals surface area contributed by atoms with Crippen LogP contribution in [0.4, 0.5) is 0 Å². The maximum Gasteiger partial charge on any atom is 0.249 e. The molecular formula is C10H23NOSi. The highest BCUT2D eigenvalue weighted by Gasteiger charge is 2.37. The van der Waals surface area contributed by atoms with Crippen LogP contribution in [0.5, 0.6) is 0 Å². The standard InChI is InChI=1S/C10H23NOSi/c1-9(11)7-8-12-13(5,6)10(2,3)4/h7-9H,11H2,1-6H3/t9-/m1/s1. The summed E-state index contributed by atoms with van der Waals surface area (Å²) in [5.74, 6) is 0. The summed E-state index contributed by atoms with van der Waals surface area (Å²) in [4.78, 5) is 0. The molecule has 13 heavy (non-hydrogen) atoms. The molecule has 2 nitrogen and oxygen atoms in total. The predicted octanol–water partition coefficient (Wildman–Crippen LogP) is 2.87. The third kappa shape index (κ3) is 4.48. The van der Waals surface area contributed by atoms with Gasteiger partial charge in [0.15, 0.2) is 0 Å². The molecule has 0 saturated heterocycles. The van der Waals surface area contributed by atoms with Gasteiger partial charge in [-0.1, -0.05) is 20.8 Å². The lowest BCUT2D eigenvalue weighted by Gasteiger charge is -2.35. The predicted molar refractivity (Wildman–Crippen MR) is 61.1 cm³/mol. The first-order valence-electron chi connectivity index (χ1n) is 4.77. The molecule has 0 unspecified atom stereocenters. The highest BCUT2D eigenvalue weighted by molar-refractivity contribution is 6.74. The van der Waals surface area contributed by atoms with Gasteiger partial charge in [-0.05, 0) is 31.1 Å². The minimum Gasteiger partial charge on any atom is -0.549 e. The van der Waals surface area contributed by atoms with Crippen molar-refractivity contribution in [2.75, 3.05) is 0 Å². The number of rotatable bonds is 3. The van der Waals surface area contributed by atoms with Crippen LogP contribution in [-0.2, 0) is 4.43 Å². The lowest BCUT2D eigenvalue weighted by atomic mass is 10.2. The van der Waals surface area contributed by atoms with Crippen molar-refractivity contribution in [2.24, 2.45) is 5.73 Å². The van der Waals surface area contributed by atoms with E-state index in [2.05, 4.69) is 33.9 Å². The molecule has 0 radical (unpaired) electrons. The average molecular weight is 201 g/mol. The summed E-state index contributed by atoms with van der Waals surface area (Å²) < 4.78 is 5.78. The fourth-order valence-corrected chi connectivity index (χ4v) is 1.28. The van der Waals surface area contributed by atoms with Crippen molar-refractivity contribution in [3.8, 4) is 0 Å². The van der Waals surface area contributed by atoms with Gasteiger partial charge in [0.1, 0.15) is 0 Å². The van der Waals surface area contributed by atoms with E-state index < -0.39 is 8.32 Å². The van der Waals surface area contributed by atoms with E-state index in [1.165, 1.54) is 0 Å². The van der Waals surface area contributed by atoms with E-state index in [1.807, 2.05) is 13.0 Å². The van der Waals surface area contributed by atoms with Crippen LogP contribution in [0.15, 0.2) is 12.3 Å². The molecule has 0 aliphatic rings. The van der Waals surface area contributed by atoms with E-state index in [0.717, 1.165) is 0 Å². The molecule has 0 spiro atoms. The van der Waals surface area contributed by atoms with Gasteiger partial charge >= 0.3 is 0 Å². The Balaban J connectivity index is 4.20. The van der Waals surface area contributed by atoms with Crippen molar-refractivity contribution in [1.29, 1.82) is 0 Å². The van der Waals surface area contributed by atoms with E-state index in [4.69, 9.17) is 10.2 Å². The van der Waals surface area contributed by atoms with E-state index >= 15 is 0 Å². The Morgan fingerprint density at radius 2 is 1.77 bits per heavy atom. The third-order valence-corrected chi connectivity index (χ3v) is 6.89. The molecular weight excluding hydrogens is 178 g/mol. The first kappa shape index (κ1) is 12.7. The molecule has 0 fully saturated rings. The largest absolute Gasteiger partial charge is 0.549 e. The Hall–Kier alpha value is -0.283. The van der Waals surface area contributed by atoms with Crippen LogP contribution in [0.25, 0.3) is 0 Å². The van der Waals surface area contributed by atoms with E-state index in [-0.39, 0.29) is 11.1 Å². The van der Waals surface area contributed by atoms with E-state index in [9.17, 15) is 0 Å². The number of hydrogen-bond donors (Lipinski definition) is 1. The summed E-state index contributed by atoms with van der Waals surface area (Å²) in [6, 6.07) is 0.0739. The number of nitrogens with two attached hydrogens (primary N) is 1. The molecule has 0 heterocycles. The van der Waals surface area contributed by atoms with Crippen LogP contribution in [-0.4, -0.2) is 14.4 Å². The van der Waals surface area contributed by atoms with Gasteiger partial charge in [-0.2, -0.15) is 0 Å². The van der Waals surface area contributed by atoms with Crippen LogP contribution in [0, 0.1) is 0 Å². The Kier molecular flexibility index (Phi) is 4.19.